The van der Waals surface area contributed by atoms with Gasteiger partial charge in [0.2, 0.25) is 5.91 Å². The van der Waals surface area contributed by atoms with E-state index in [1.165, 1.54) is 24.6 Å². The molecule has 6 nitrogen and oxygen atoms in total. The van der Waals surface area contributed by atoms with Crippen molar-refractivity contribution in [1.82, 2.24) is 9.88 Å². The van der Waals surface area contributed by atoms with E-state index in [-0.39, 0.29) is 6.54 Å². The summed E-state index contributed by atoms with van der Waals surface area (Å²) in [6.45, 7) is -0.991. The number of thiazole rings is 1. The van der Waals surface area contributed by atoms with Gasteiger partial charge >= 0.3 is 6.18 Å². The van der Waals surface area contributed by atoms with E-state index in [0.717, 1.165) is 4.90 Å². The van der Waals surface area contributed by atoms with Crippen molar-refractivity contribution in [2.24, 2.45) is 0 Å². The minimum Gasteiger partial charge on any atom is -0.463 e. The molecule has 1 atom stereocenters. The Kier molecular flexibility index (Phi) is 5.39. The van der Waals surface area contributed by atoms with Crippen LogP contribution in [0.3, 0.4) is 0 Å². The number of carbonyl (C=O) groups is 1. The fourth-order valence-corrected chi connectivity index (χ4v) is 2.45. The smallest absolute Gasteiger partial charge is 0.415 e. The average molecular weight is 349 g/mol. The normalized spacial score (nSPS) is 13.3. The first kappa shape index (κ1) is 17.4. The fourth-order valence-electron chi connectivity index (χ4n) is 1.74. The standard InChI is InChI=1S/C13H14F3N3O3S/c1-19(5-10(20)13(14,15)16)6-11(21)18-12-17-8(7-23-12)9-3-2-4-22-9/h2-4,7,10,20H,5-6H2,1H3,(H,17,18,21). The Morgan fingerprint density at radius 2 is 2.30 bits per heavy atom. The van der Waals surface area contributed by atoms with Crippen LogP contribution < -0.4 is 5.32 Å². The van der Waals surface area contributed by atoms with Crippen LogP contribution >= 0.6 is 11.3 Å². The second-order valence-corrected chi connectivity index (χ2v) is 5.68. The Bertz CT molecular complexity index is 642. The number of likely N-dealkylation sites (N-methyl/N-ethyl adjacent to an activating group) is 1. The van der Waals surface area contributed by atoms with Crippen LogP contribution in [0, 0.1) is 0 Å². The van der Waals surface area contributed by atoms with Crippen LogP contribution in [0.25, 0.3) is 11.5 Å². The van der Waals surface area contributed by atoms with Crippen molar-refractivity contribution >= 4 is 22.4 Å². The molecule has 0 aliphatic heterocycles. The molecule has 1 amide bonds. The molecule has 0 fully saturated rings. The number of aliphatic hydroxyl groups excluding tert-OH is 1. The van der Waals surface area contributed by atoms with Crippen LogP contribution in [0.2, 0.25) is 0 Å². The van der Waals surface area contributed by atoms with Gasteiger partial charge in [-0.1, -0.05) is 0 Å². The van der Waals surface area contributed by atoms with Gasteiger partial charge in [-0.2, -0.15) is 13.2 Å². The zero-order valence-corrected chi connectivity index (χ0v) is 12.8. The van der Waals surface area contributed by atoms with Gasteiger partial charge < -0.3 is 14.8 Å². The number of nitrogens with zero attached hydrogens (tertiary/aromatic N) is 2. The summed E-state index contributed by atoms with van der Waals surface area (Å²) >= 11 is 1.17. The number of aliphatic hydroxyl groups is 1. The summed E-state index contributed by atoms with van der Waals surface area (Å²) in [7, 11) is 1.31. The van der Waals surface area contributed by atoms with Crippen molar-refractivity contribution in [1.29, 1.82) is 0 Å². The molecule has 0 aliphatic rings. The highest BCUT2D eigenvalue weighted by molar-refractivity contribution is 7.14. The maximum absolute atomic E-state index is 12.2. The van der Waals surface area contributed by atoms with Gasteiger partial charge in [0.15, 0.2) is 17.0 Å². The molecule has 0 saturated heterocycles. The molecule has 126 valence electrons. The average Bonchev–Trinajstić information content (AvgIpc) is 3.06. The molecule has 2 rings (SSSR count). The van der Waals surface area contributed by atoms with Gasteiger partial charge in [-0.25, -0.2) is 4.98 Å². The number of hydrogen-bond acceptors (Lipinski definition) is 6. The molecule has 2 aromatic rings. The lowest BCUT2D eigenvalue weighted by Gasteiger charge is -2.21. The summed E-state index contributed by atoms with van der Waals surface area (Å²) in [5.74, 6) is 0.0226. The number of amides is 1. The Morgan fingerprint density at radius 1 is 1.57 bits per heavy atom. The van der Waals surface area contributed by atoms with Crippen molar-refractivity contribution in [3.8, 4) is 11.5 Å². The zero-order chi connectivity index (χ0) is 17.0. The Hall–Kier alpha value is -1.91. The van der Waals surface area contributed by atoms with Gasteiger partial charge in [0.05, 0.1) is 12.8 Å². The predicted octanol–water partition coefficient (Wildman–Crippen LogP) is 2.20. The van der Waals surface area contributed by atoms with Crippen molar-refractivity contribution in [3.63, 3.8) is 0 Å². The number of alkyl halides is 3. The molecule has 0 spiro atoms. The molecule has 2 aromatic heterocycles. The van der Waals surface area contributed by atoms with Crippen LogP contribution in [-0.4, -0.2) is 53.3 Å². The third-order valence-corrected chi connectivity index (χ3v) is 3.56. The minimum absolute atomic E-state index is 0.303. The molecule has 23 heavy (non-hydrogen) atoms. The first-order valence-corrected chi connectivity index (χ1v) is 7.36. The van der Waals surface area contributed by atoms with E-state index in [1.807, 2.05) is 0 Å². The fraction of sp³-hybridized carbons (Fsp3) is 0.385. The molecule has 10 heteroatoms. The number of rotatable bonds is 6. The molecular formula is C13H14F3N3O3S. The summed E-state index contributed by atoms with van der Waals surface area (Å²) in [4.78, 5) is 17.0. The van der Waals surface area contributed by atoms with E-state index in [2.05, 4.69) is 10.3 Å². The third kappa shape index (κ3) is 5.05. The molecule has 0 bridgehead atoms. The maximum Gasteiger partial charge on any atom is 0.415 e. The van der Waals surface area contributed by atoms with E-state index in [4.69, 9.17) is 9.52 Å². The molecule has 0 aromatic carbocycles. The topological polar surface area (TPSA) is 78.6 Å². The summed E-state index contributed by atoms with van der Waals surface area (Å²) in [6, 6.07) is 3.42. The van der Waals surface area contributed by atoms with Crippen LogP contribution in [0.1, 0.15) is 0 Å². The lowest BCUT2D eigenvalue weighted by molar-refractivity contribution is -0.207. The molecular weight excluding hydrogens is 335 g/mol. The van der Waals surface area contributed by atoms with Crippen molar-refractivity contribution in [2.45, 2.75) is 12.3 Å². The summed E-state index contributed by atoms with van der Waals surface area (Å²) in [5.41, 5.74) is 0.552. The van der Waals surface area contributed by atoms with Crippen LogP contribution in [0.5, 0.6) is 0 Å². The molecule has 0 radical (unpaired) electrons. The summed E-state index contributed by atoms with van der Waals surface area (Å²) in [6.07, 6.45) is -5.71. The Balaban J connectivity index is 1.85. The van der Waals surface area contributed by atoms with Gasteiger partial charge in [0.1, 0.15) is 5.69 Å². The predicted molar refractivity (Wildman–Crippen MR) is 78.0 cm³/mol. The van der Waals surface area contributed by atoms with E-state index in [9.17, 15) is 18.0 Å². The summed E-state index contributed by atoms with van der Waals surface area (Å²) in [5, 5.41) is 13.4. The van der Waals surface area contributed by atoms with E-state index >= 15 is 0 Å². The first-order chi connectivity index (χ1) is 10.8. The van der Waals surface area contributed by atoms with Gasteiger partial charge in [0, 0.05) is 11.9 Å². The molecule has 1 unspecified atom stereocenters. The van der Waals surface area contributed by atoms with Gasteiger partial charge in [0.25, 0.3) is 0 Å². The Morgan fingerprint density at radius 3 is 2.91 bits per heavy atom. The van der Waals surface area contributed by atoms with Gasteiger partial charge in [-0.3, -0.25) is 9.69 Å². The third-order valence-electron chi connectivity index (χ3n) is 2.80. The number of anilines is 1. The molecule has 0 aliphatic carbocycles. The highest BCUT2D eigenvalue weighted by atomic mass is 32.1. The summed E-state index contributed by atoms with van der Waals surface area (Å²) < 4.78 is 41.9. The van der Waals surface area contributed by atoms with Crippen molar-refractivity contribution in [3.05, 3.63) is 23.8 Å². The Labute approximate surface area is 133 Å². The van der Waals surface area contributed by atoms with Gasteiger partial charge in [-0.05, 0) is 19.2 Å². The number of carbonyl (C=O) groups excluding carboxylic acids is 1. The van der Waals surface area contributed by atoms with Crippen molar-refractivity contribution < 1.29 is 27.5 Å². The molecule has 2 heterocycles. The minimum atomic E-state index is -4.71. The van der Waals surface area contributed by atoms with Crippen molar-refractivity contribution in [2.75, 3.05) is 25.5 Å². The van der Waals surface area contributed by atoms with Crippen LogP contribution in [0.4, 0.5) is 18.3 Å². The number of aromatic nitrogens is 1. The monoisotopic (exact) mass is 349 g/mol. The number of furan rings is 1. The second-order valence-electron chi connectivity index (χ2n) is 4.82. The van der Waals surface area contributed by atoms with E-state index in [0.29, 0.717) is 16.6 Å². The maximum atomic E-state index is 12.2. The van der Waals surface area contributed by atoms with Crippen LogP contribution in [0.15, 0.2) is 28.2 Å². The number of hydrogen-bond donors (Lipinski definition) is 2. The lowest BCUT2D eigenvalue weighted by atomic mass is 10.3. The highest BCUT2D eigenvalue weighted by Gasteiger charge is 2.38. The van der Waals surface area contributed by atoms with Crippen LogP contribution in [-0.2, 0) is 4.79 Å². The molecule has 2 N–H and O–H groups in total. The lowest BCUT2D eigenvalue weighted by Crippen LogP contribution is -2.42. The quantitative estimate of drug-likeness (QED) is 0.836. The number of nitrogens with one attached hydrogen (secondary N) is 1. The van der Waals surface area contributed by atoms with E-state index < -0.39 is 24.7 Å². The largest absolute Gasteiger partial charge is 0.463 e. The first-order valence-electron chi connectivity index (χ1n) is 6.48. The molecule has 0 saturated carbocycles. The van der Waals surface area contributed by atoms with Gasteiger partial charge in [-0.15, -0.1) is 11.3 Å². The highest BCUT2D eigenvalue weighted by Crippen LogP contribution is 2.25. The SMILES string of the molecule is CN(CC(=O)Nc1nc(-c2ccco2)cs1)CC(O)C(F)(F)F. The second kappa shape index (κ2) is 7.11. The van der Waals surface area contributed by atoms with E-state index in [1.54, 1.807) is 17.5 Å². The zero-order valence-electron chi connectivity index (χ0n) is 12.0. The number of halogens is 3.